The van der Waals surface area contributed by atoms with Crippen molar-refractivity contribution in [2.24, 2.45) is 0 Å². The van der Waals surface area contributed by atoms with Crippen LogP contribution in [0.25, 0.3) is 0 Å². The molecule has 0 aliphatic carbocycles. The molecule has 1 aromatic heterocycles. The van der Waals surface area contributed by atoms with E-state index in [0.29, 0.717) is 0 Å². The molecule has 1 rings (SSSR count). The van der Waals surface area contributed by atoms with E-state index >= 15 is 0 Å². The molecule has 1 aromatic rings. The van der Waals surface area contributed by atoms with Gasteiger partial charge in [-0.25, -0.2) is 0 Å². The topological polar surface area (TPSA) is 4.93 Å². The van der Waals surface area contributed by atoms with E-state index in [1.807, 2.05) is 13.0 Å². The van der Waals surface area contributed by atoms with E-state index < -0.39 is 0 Å². The second-order valence-corrected chi connectivity index (χ2v) is 3.05. The summed E-state index contributed by atoms with van der Waals surface area (Å²) in [5.41, 5.74) is 2.39. The van der Waals surface area contributed by atoms with Crippen molar-refractivity contribution in [3.63, 3.8) is 0 Å². The molecule has 0 aliphatic rings. The van der Waals surface area contributed by atoms with E-state index in [-0.39, 0.29) is 0 Å². The first-order chi connectivity index (χ1) is 5.70. The molecule has 0 saturated heterocycles. The fraction of sp³-hybridized carbons (Fsp3) is 0.273. The Labute approximate surface area is 74.0 Å². The van der Waals surface area contributed by atoms with Gasteiger partial charge in [0.15, 0.2) is 0 Å². The summed E-state index contributed by atoms with van der Waals surface area (Å²) in [5, 5.41) is 0. The number of hydrogen-bond donors (Lipinski definition) is 0. The van der Waals surface area contributed by atoms with Gasteiger partial charge in [-0.15, -0.1) is 0 Å². The molecular formula is C11H15N. The highest BCUT2D eigenvalue weighted by atomic mass is 14.9. The zero-order valence-electron chi connectivity index (χ0n) is 7.75. The number of aromatic nitrogens is 1. The Balaban J connectivity index is 2.54. The van der Waals surface area contributed by atoms with Gasteiger partial charge in [0.05, 0.1) is 0 Å². The lowest BCUT2D eigenvalue weighted by atomic mass is 10.3. The van der Waals surface area contributed by atoms with Gasteiger partial charge in [0.25, 0.3) is 0 Å². The minimum Gasteiger partial charge on any atom is -0.348 e. The van der Waals surface area contributed by atoms with Crippen molar-refractivity contribution < 1.29 is 0 Å². The third-order valence-corrected chi connectivity index (χ3v) is 1.76. The summed E-state index contributed by atoms with van der Waals surface area (Å²) >= 11 is 0. The molecule has 0 atom stereocenters. The van der Waals surface area contributed by atoms with Crippen LogP contribution in [0.1, 0.15) is 12.6 Å². The van der Waals surface area contributed by atoms with Gasteiger partial charge in [-0.05, 0) is 26.0 Å². The highest BCUT2D eigenvalue weighted by Gasteiger charge is 1.89. The minimum absolute atomic E-state index is 0.936. The summed E-state index contributed by atoms with van der Waals surface area (Å²) in [6.45, 7) is 8.84. The van der Waals surface area contributed by atoms with Crippen LogP contribution in [-0.4, -0.2) is 4.57 Å². The quantitative estimate of drug-likeness (QED) is 0.601. The molecule has 0 unspecified atom stereocenters. The van der Waals surface area contributed by atoms with Gasteiger partial charge >= 0.3 is 0 Å². The number of allylic oxidation sites excluding steroid dienone is 3. The van der Waals surface area contributed by atoms with Gasteiger partial charge in [-0.1, -0.05) is 24.3 Å². The van der Waals surface area contributed by atoms with Crippen molar-refractivity contribution in [1.82, 2.24) is 4.57 Å². The molecule has 1 heterocycles. The van der Waals surface area contributed by atoms with Crippen LogP contribution < -0.4 is 0 Å². The summed E-state index contributed by atoms with van der Waals surface area (Å²) in [6.07, 6.45) is 6.24. The Kier molecular flexibility index (Phi) is 2.92. The predicted octanol–water partition coefficient (Wildman–Crippen LogP) is 2.93. The van der Waals surface area contributed by atoms with Gasteiger partial charge < -0.3 is 4.57 Å². The third-order valence-electron chi connectivity index (χ3n) is 1.76. The number of hydrogen-bond acceptors (Lipinski definition) is 0. The molecule has 1 heteroatoms. The van der Waals surface area contributed by atoms with Gasteiger partial charge in [0.1, 0.15) is 0 Å². The second kappa shape index (κ2) is 3.96. The maximum Gasteiger partial charge on any atom is 0.0406 e. The minimum atomic E-state index is 0.936. The van der Waals surface area contributed by atoms with E-state index in [2.05, 4.69) is 42.5 Å². The predicted molar refractivity (Wildman–Crippen MR) is 53.1 cm³/mol. The van der Waals surface area contributed by atoms with E-state index in [4.69, 9.17) is 0 Å². The van der Waals surface area contributed by atoms with Crippen LogP contribution in [0.2, 0.25) is 0 Å². The van der Waals surface area contributed by atoms with Crippen LogP contribution >= 0.6 is 0 Å². The third kappa shape index (κ3) is 2.42. The first kappa shape index (κ1) is 8.85. The smallest absolute Gasteiger partial charge is 0.0406 e. The molecule has 0 saturated carbocycles. The first-order valence-corrected chi connectivity index (χ1v) is 4.14. The van der Waals surface area contributed by atoms with Crippen molar-refractivity contribution in [3.8, 4) is 0 Å². The van der Waals surface area contributed by atoms with Crippen LogP contribution in [0, 0.1) is 6.92 Å². The van der Waals surface area contributed by atoms with Crippen LogP contribution in [0.4, 0.5) is 0 Å². The van der Waals surface area contributed by atoms with Crippen molar-refractivity contribution in [3.05, 3.63) is 48.3 Å². The molecule has 0 N–H and O–H groups in total. The Hall–Kier alpha value is -1.24. The van der Waals surface area contributed by atoms with E-state index in [1.165, 1.54) is 5.69 Å². The van der Waals surface area contributed by atoms with E-state index in [9.17, 15) is 0 Å². The molecule has 0 radical (unpaired) electrons. The average Bonchev–Trinajstić information content (AvgIpc) is 2.36. The fourth-order valence-corrected chi connectivity index (χ4v) is 1.07. The van der Waals surface area contributed by atoms with Gasteiger partial charge in [-0.2, -0.15) is 0 Å². The highest BCUT2D eigenvalue weighted by Crippen LogP contribution is 2.00. The Morgan fingerprint density at radius 1 is 1.67 bits per heavy atom. The van der Waals surface area contributed by atoms with Crippen LogP contribution in [0.3, 0.4) is 0 Å². The van der Waals surface area contributed by atoms with Crippen LogP contribution in [0.5, 0.6) is 0 Å². The standard InChI is InChI=1S/C11H15N/c1-10(2)6-4-8-12-9-5-7-11(12)3/h4-7,9H,1,8H2,2-3H3/b6-4+. The van der Waals surface area contributed by atoms with Crippen molar-refractivity contribution in [2.75, 3.05) is 0 Å². The van der Waals surface area contributed by atoms with Crippen molar-refractivity contribution in [2.45, 2.75) is 20.4 Å². The zero-order chi connectivity index (χ0) is 8.97. The molecule has 12 heavy (non-hydrogen) atoms. The van der Waals surface area contributed by atoms with Gasteiger partial charge in [-0.3, -0.25) is 0 Å². The lowest BCUT2D eigenvalue weighted by Gasteiger charge is -2.00. The molecule has 0 aromatic carbocycles. The SMILES string of the molecule is C=C(C)/C=C/Cn1cccc1C. The Morgan fingerprint density at radius 2 is 2.42 bits per heavy atom. The zero-order valence-corrected chi connectivity index (χ0v) is 7.75. The molecular weight excluding hydrogens is 146 g/mol. The number of aryl methyl sites for hydroxylation is 1. The molecule has 1 nitrogen and oxygen atoms in total. The van der Waals surface area contributed by atoms with Crippen LogP contribution in [-0.2, 0) is 6.54 Å². The Bertz CT molecular complexity index is 292. The van der Waals surface area contributed by atoms with Crippen molar-refractivity contribution in [1.29, 1.82) is 0 Å². The maximum absolute atomic E-state index is 3.80. The Morgan fingerprint density at radius 3 is 2.92 bits per heavy atom. The lowest BCUT2D eigenvalue weighted by Crippen LogP contribution is -1.94. The summed E-state index contributed by atoms with van der Waals surface area (Å²) in [5.74, 6) is 0. The highest BCUT2D eigenvalue weighted by molar-refractivity contribution is 5.12. The van der Waals surface area contributed by atoms with Gasteiger partial charge in [0.2, 0.25) is 0 Å². The summed E-state index contributed by atoms with van der Waals surface area (Å²) in [6, 6.07) is 4.17. The summed E-state index contributed by atoms with van der Waals surface area (Å²) < 4.78 is 2.19. The van der Waals surface area contributed by atoms with E-state index in [1.54, 1.807) is 0 Å². The first-order valence-electron chi connectivity index (χ1n) is 4.14. The lowest BCUT2D eigenvalue weighted by molar-refractivity contribution is 0.797. The molecule has 0 fully saturated rings. The number of nitrogens with zero attached hydrogens (tertiary/aromatic N) is 1. The fourth-order valence-electron chi connectivity index (χ4n) is 1.07. The number of rotatable bonds is 3. The second-order valence-electron chi connectivity index (χ2n) is 3.05. The van der Waals surface area contributed by atoms with Crippen LogP contribution in [0.15, 0.2) is 42.6 Å². The summed E-state index contributed by atoms with van der Waals surface area (Å²) in [4.78, 5) is 0. The molecule has 0 bridgehead atoms. The largest absolute Gasteiger partial charge is 0.348 e. The monoisotopic (exact) mass is 161 g/mol. The van der Waals surface area contributed by atoms with Crippen molar-refractivity contribution >= 4 is 0 Å². The summed E-state index contributed by atoms with van der Waals surface area (Å²) in [7, 11) is 0. The average molecular weight is 161 g/mol. The van der Waals surface area contributed by atoms with Gasteiger partial charge in [0, 0.05) is 18.4 Å². The van der Waals surface area contributed by atoms with E-state index in [0.717, 1.165) is 12.1 Å². The molecule has 0 aliphatic heterocycles. The maximum atomic E-state index is 3.80. The molecule has 0 amide bonds. The normalized spacial score (nSPS) is 10.8. The molecule has 64 valence electrons. The molecule has 0 spiro atoms.